The van der Waals surface area contributed by atoms with Crippen LogP contribution in [0.3, 0.4) is 0 Å². The van der Waals surface area contributed by atoms with Crippen molar-refractivity contribution in [1.82, 2.24) is 35.2 Å². The van der Waals surface area contributed by atoms with E-state index in [9.17, 15) is 0 Å². The summed E-state index contributed by atoms with van der Waals surface area (Å²) in [4.78, 5) is 8.86. The fraction of sp³-hybridized carbons (Fsp3) is 0.647. The van der Waals surface area contributed by atoms with E-state index in [0.717, 1.165) is 50.1 Å². The molecule has 26 heavy (non-hydrogen) atoms. The normalized spacial score (nSPS) is 18.4. The van der Waals surface area contributed by atoms with E-state index in [1.807, 2.05) is 21.6 Å². The third-order valence-corrected chi connectivity index (χ3v) is 4.42. The number of nitrogens with zero attached hydrogens (tertiary/aromatic N) is 6. The summed E-state index contributed by atoms with van der Waals surface area (Å²) in [6.07, 6.45) is 5.70. The molecule has 0 saturated carbocycles. The minimum absolute atomic E-state index is 0.284. The van der Waals surface area contributed by atoms with Crippen molar-refractivity contribution in [1.29, 1.82) is 0 Å². The molecule has 1 aliphatic heterocycles. The van der Waals surface area contributed by atoms with Gasteiger partial charge in [0.1, 0.15) is 12.4 Å². The Morgan fingerprint density at radius 1 is 1.50 bits per heavy atom. The standard InChI is InChI=1S/C17H28N8O/c1-13(10-24-8-4-7-20-24)9-19-17(18-2)21-14-5-6-16-22-15(12-26-3)23-25(16)11-14/h4,7-8,13-14H,5-6,9-12H2,1-3H3,(H2,18,19,21). The van der Waals surface area contributed by atoms with Crippen LogP contribution in [0.4, 0.5) is 0 Å². The van der Waals surface area contributed by atoms with Crippen molar-refractivity contribution in [3.05, 3.63) is 30.1 Å². The molecule has 0 saturated heterocycles. The number of guanidine groups is 1. The van der Waals surface area contributed by atoms with Gasteiger partial charge in [0.15, 0.2) is 11.8 Å². The molecule has 0 spiro atoms. The Balaban J connectivity index is 1.47. The summed E-state index contributed by atoms with van der Waals surface area (Å²) in [5.41, 5.74) is 0. The van der Waals surface area contributed by atoms with Crippen molar-refractivity contribution in [2.45, 2.75) is 45.5 Å². The predicted molar refractivity (Wildman–Crippen MR) is 98.7 cm³/mol. The van der Waals surface area contributed by atoms with E-state index in [1.54, 1.807) is 20.4 Å². The van der Waals surface area contributed by atoms with E-state index < -0.39 is 0 Å². The van der Waals surface area contributed by atoms with Gasteiger partial charge >= 0.3 is 0 Å². The summed E-state index contributed by atoms with van der Waals surface area (Å²) < 4.78 is 9.04. The van der Waals surface area contributed by atoms with Crippen molar-refractivity contribution < 1.29 is 4.74 Å². The van der Waals surface area contributed by atoms with Crippen LogP contribution in [0, 0.1) is 5.92 Å². The molecule has 3 rings (SSSR count). The first-order chi connectivity index (χ1) is 12.7. The molecular weight excluding hydrogens is 332 g/mol. The van der Waals surface area contributed by atoms with Crippen LogP contribution in [-0.4, -0.2) is 57.2 Å². The lowest BCUT2D eigenvalue weighted by Gasteiger charge is -2.26. The maximum atomic E-state index is 5.12. The summed E-state index contributed by atoms with van der Waals surface area (Å²) in [5.74, 6) is 3.05. The van der Waals surface area contributed by atoms with Crippen LogP contribution in [0.15, 0.2) is 23.5 Å². The van der Waals surface area contributed by atoms with E-state index >= 15 is 0 Å². The molecule has 0 bridgehead atoms. The Morgan fingerprint density at radius 2 is 2.38 bits per heavy atom. The van der Waals surface area contributed by atoms with E-state index in [4.69, 9.17) is 4.74 Å². The highest BCUT2D eigenvalue weighted by Crippen LogP contribution is 2.13. The monoisotopic (exact) mass is 360 g/mol. The lowest BCUT2D eigenvalue weighted by atomic mass is 10.1. The first-order valence-electron chi connectivity index (χ1n) is 9.04. The summed E-state index contributed by atoms with van der Waals surface area (Å²) in [5, 5.41) is 15.7. The maximum Gasteiger partial charge on any atom is 0.191 e. The van der Waals surface area contributed by atoms with Crippen LogP contribution in [0.25, 0.3) is 0 Å². The van der Waals surface area contributed by atoms with Crippen LogP contribution < -0.4 is 10.6 Å². The molecule has 0 amide bonds. The average molecular weight is 360 g/mol. The molecule has 2 aromatic heterocycles. The summed E-state index contributed by atoms with van der Waals surface area (Å²) in [6.45, 7) is 5.15. The van der Waals surface area contributed by atoms with Crippen LogP contribution in [0.1, 0.15) is 25.0 Å². The van der Waals surface area contributed by atoms with Gasteiger partial charge in [0.2, 0.25) is 0 Å². The average Bonchev–Trinajstić information content (AvgIpc) is 3.27. The second kappa shape index (κ2) is 8.79. The number of ether oxygens (including phenoxy) is 1. The topological polar surface area (TPSA) is 94.2 Å². The number of aromatic nitrogens is 5. The molecule has 3 heterocycles. The molecule has 1 aliphatic rings. The maximum absolute atomic E-state index is 5.12. The molecule has 9 nitrogen and oxygen atoms in total. The minimum atomic E-state index is 0.284. The van der Waals surface area contributed by atoms with Crippen LogP contribution in [0.2, 0.25) is 0 Å². The highest BCUT2D eigenvalue weighted by atomic mass is 16.5. The van der Waals surface area contributed by atoms with Crippen molar-refractivity contribution in [3.8, 4) is 0 Å². The molecule has 0 aromatic carbocycles. The zero-order valence-corrected chi connectivity index (χ0v) is 15.7. The van der Waals surface area contributed by atoms with Crippen LogP contribution in [0.5, 0.6) is 0 Å². The van der Waals surface area contributed by atoms with Crippen LogP contribution in [-0.2, 0) is 30.9 Å². The minimum Gasteiger partial charge on any atom is -0.377 e. The van der Waals surface area contributed by atoms with Crippen LogP contribution >= 0.6 is 0 Å². The lowest BCUT2D eigenvalue weighted by Crippen LogP contribution is -2.48. The predicted octanol–water partition coefficient (Wildman–Crippen LogP) is 0.437. The summed E-state index contributed by atoms with van der Waals surface area (Å²) in [7, 11) is 3.46. The van der Waals surface area contributed by atoms with Gasteiger partial charge in [-0.3, -0.25) is 9.67 Å². The molecular formula is C17H28N8O. The Kier molecular flexibility index (Phi) is 6.21. The van der Waals surface area contributed by atoms with Gasteiger partial charge in [-0.2, -0.15) is 10.2 Å². The number of fused-ring (bicyclic) bond motifs is 1. The van der Waals surface area contributed by atoms with Gasteiger partial charge in [-0.25, -0.2) is 9.67 Å². The number of nitrogens with one attached hydrogen (secondary N) is 2. The zero-order chi connectivity index (χ0) is 18.4. The largest absolute Gasteiger partial charge is 0.377 e. The van der Waals surface area contributed by atoms with E-state index in [1.165, 1.54) is 0 Å². The SMILES string of the molecule is CN=C(NCC(C)Cn1cccn1)NC1CCc2nc(COC)nn2C1. The smallest absolute Gasteiger partial charge is 0.191 e. The van der Waals surface area contributed by atoms with Gasteiger partial charge in [0.25, 0.3) is 0 Å². The van der Waals surface area contributed by atoms with E-state index in [0.29, 0.717) is 12.5 Å². The van der Waals surface area contributed by atoms with Gasteiger partial charge in [0, 0.05) is 52.1 Å². The first-order valence-corrected chi connectivity index (χ1v) is 9.04. The van der Waals surface area contributed by atoms with E-state index in [-0.39, 0.29) is 6.04 Å². The molecule has 0 aliphatic carbocycles. The molecule has 2 N–H and O–H groups in total. The second-order valence-electron chi connectivity index (χ2n) is 6.73. The Morgan fingerprint density at radius 3 is 3.12 bits per heavy atom. The summed E-state index contributed by atoms with van der Waals surface area (Å²) >= 11 is 0. The Hall–Kier alpha value is -2.42. The first kappa shape index (κ1) is 18.4. The molecule has 0 fully saturated rings. The highest BCUT2D eigenvalue weighted by Gasteiger charge is 2.22. The van der Waals surface area contributed by atoms with Gasteiger partial charge in [-0.05, 0) is 18.4 Å². The van der Waals surface area contributed by atoms with Crippen molar-refractivity contribution >= 4 is 5.96 Å². The number of aryl methyl sites for hydroxylation is 1. The fourth-order valence-corrected chi connectivity index (χ4v) is 3.12. The lowest BCUT2D eigenvalue weighted by molar-refractivity contribution is 0.177. The van der Waals surface area contributed by atoms with Crippen molar-refractivity contribution in [2.75, 3.05) is 20.7 Å². The quantitative estimate of drug-likeness (QED) is 0.550. The highest BCUT2D eigenvalue weighted by molar-refractivity contribution is 5.79. The van der Waals surface area contributed by atoms with Gasteiger partial charge in [0.05, 0.1) is 6.54 Å². The van der Waals surface area contributed by atoms with Gasteiger partial charge in [-0.1, -0.05) is 6.92 Å². The van der Waals surface area contributed by atoms with Crippen molar-refractivity contribution in [2.24, 2.45) is 10.9 Å². The number of rotatable bonds is 7. The van der Waals surface area contributed by atoms with Gasteiger partial charge in [-0.15, -0.1) is 0 Å². The zero-order valence-electron chi connectivity index (χ0n) is 15.7. The third kappa shape index (κ3) is 4.81. The molecule has 2 unspecified atom stereocenters. The number of methoxy groups -OCH3 is 1. The Labute approximate surface area is 153 Å². The molecule has 0 radical (unpaired) electrons. The number of hydrogen-bond acceptors (Lipinski definition) is 5. The molecule has 2 atom stereocenters. The van der Waals surface area contributed by atoms with Gasteiger partial charge < -0.3 is 15.4 Å². The number of aliphatic imine (C=N–C) groups is 1. The molecule has 142 valence electrons. The number of hydrogen-bond donors (Lipinski definition) is 2. The summed E-state index contributed by atoms with van der Waals surface area (Å²) in [6, 6.07) is 2.23. The fourth-order valence-electron chi connectivity index (χ4n) is 3.12. The molecule has 2 aromatic rings. The Bertz CT molecular complexity index is 708. The van der Waals surface area contributed by atoms with Crippen molar-refractivity contribution in [3.63, 3.8) is 0 Å². The third-order valence-electron chi connectivity index (χ3n) is 4.42. The second-order valence-corrected chi connectivity index (χ2v) is 6.73. The molecule has 9 heteroatoms. The van der Waals surface area contributed by atoms with E-state index in [2.05, 4.69) is 37.7 Å².